The fourth-order valence-corrected chi connectivity index (χ4v) is 3.71. The Kier molecular flexibility index (Phi) is 12.9. The van der Waals surface area contributed by atoms with Gasteiger partial charge in [0.25, 0.3) is 0 Å². The van der Waals surface area contributed by atoms with Crippen molar-refractivity contribution in [1.29, 1.82) is 0 Å². The zero-order chi connectivity index (χ0) is 34.9. The van der Waals surface area contributed by atoms with Crippen molar-refractivity contribution in [2.75, 3.05) is 52.4 Å². The van der Waals surface area contributed by atoms with Gasteiger partial charge < -0.3 is 29.5 Å². The number of ether oxygens (including phenoxy) is 2. The topological polar surface area (TPSA) is 138 Å². The normalized spacial score (nSPS) is 16.0. The van der Waals surface area contributed by atoms with Gasteiger partial charge in [0.1, 0.15) is 11.2 Å². The highest BCUT2D eigenvalue weighted by Crippen LogP contribution is 2.29. The molecule has 4 rings (SSSR count). The molecule has 0 bridgehead atoms. The van der Waals surface area contributed by atoms with Crippen LogP contribution in [0.1, 0.15) is 52.7 Å². The summed E-state index contributed by atoms with van der Waals surface area (Å²) in [5.74, 6) is 0. The molecule has 13 nitrogen and oxygen atoms in total. The predicted octanol–water partition coefficient (Wildman–Crippen LogP) is 4.68. The van der Waals surface area contributed by atoms with Crippen molar-refractivity contribution in [2.45, 2.75) is 65.1 Å². The predicted molar refractivity (Wildman–Crippen MR) is 152 cm³/mol. The van der Waals surface area contributed by atoms with Crippen LogP contribution in [-0.2, 0) is 21.8 Å². The van der Waals surface area contributed by atoms with Crippen LogP contribution in [0.15, 0.2) is 24.8 Å². The van der Waals surface area contributed by atoms with E-state index in [0.29, 0.717) is 17.1 Å². The van der Waals surface area contributed by atoms with Gasteiger partial charge >= 0.3 is 30.6 Å². The van der Waals surface area contributed by atoms with Crippen molar-refractivity contribution in [3.63, 3.8) is 0 Å². The number of rotatable bonds is 0. The Balaban J connectivity index is 0.000000278. The lowest BCUT2D eigenvalue weighted by Gasteiger charge is -2.35. The van der Waals surface area contributed by atoms with Gasteiger partial charge in [-0.2, -0.15) is 41.2 Å². The highest BCUT2D eigenvalue weighted by atomic mass is 19.4. The number of alkyl halides is 6. The molecule has 0 aliphatic carbocycles. The molecule has 46 heavy (non-hydrogen) atoms. The highest BCUT2D eigenvalue weighted by molar-refractivity contribution is 5.76. The molecule has 0 spiro atoms. The molecule has 4 heterocycles. The quantitative estimate of drug-likeness (QED) is 0.386. The summed E-state index contributed by atoms with van der Waals surface area (Å²) < 4.78 is 83.5. The summed E-state index contributed by atoms with van der Waals surface area (Å²) in [5, 5.41) is 11.9. The largest absolute Gasteiger partial charge is 0.444 e. The number of nitrogens with one attached hydrogen (secondary N) is 2. The first-order chi connectivity index (χ1) is 21.1. The van der Waals surface area contributed by atoms with Crippen LogP contribution in [-0.4, -0.2) is 116 Å². The van der Waals surface area contributed by atoms with Crippen LogP contribution in [0, 0.1) is 0 Å². The zero-order valence-corrected chi connectivity index (χ0v) is 26.5. The number of halogens is 6. The zero-order valence-electron chi connectivity index (χ0n) is 26.5. The van der Waals surface area contributed by atoms with Gasteiger partial charge in [-0.05, 0) is 41.5 Å². The molecule has 0 aromatic carbocycles. The maximum atomic E-state index is 12.5. The number of carbonyl (C=O) groups is 3. The Morgan fingerprint density at radius 3 is 1.52 bits per heavy atom. The van der Waals surface area contributed by atoms with E-state index in [0.717, 1.165) is 38.6 Å². The van der Waals surface area contributed by atoms with E-state index in [1.165, 1.54) is 9.80 Å². The fraction of sp³-hybridized carbons (Fsp3) is 0.667. The molecule has 2 aliphatic heterocycles. The van der Waals surface area contributed by atoms with E-state index >= 15 is 0 Å². The summed E-state index contributed by atoms with van der Waals surface area (Å²) >= 11 is 0. The molecule has 3 amide bonds. The fourth-order valence-electron chi connectivity index (χ4n) is 3.71. The number of piperazine rings is 2. The van der Waals surface area contributed by atoms with Crippen LogP contribution in [0.25, 0.3) is 0 Å². The van der Waals surface area contributed by atoms with Crippen LogP contribution >= 0.6 is 0 Å². The van der Waals surface area contributed by atoms with E-state index in [2.05, 4.69) is 20.6 Å². The molecule has 0 unspecified atom stereocenters. The van der Waals surface area contributed by atoms with Crippen LogP contribution in [0.5, 0.6) is 0 Å². The number of aromatic nitrogens is 4. The van der Waals surface area contributed by atoms with Crippen LogP contribution in [0.4, 0.5) is 40.7 Å². The smallest absolute Gasteiger partial charge is 0.419 e. The van der Waals surface area contributed by atoms with Gasteiger partial charge in [-0.3, -0.25) is 5.10 Å². The number of hydrogen-bond acceptors (Lipinski definition) is 8. The average Bonchev–Trinajstić information content (AvgIpc) is 3.65. The van der Waals surface area contributed by atoms with Crippen molar-refractivity contribution in [3.05, 3.63) is 35.9 Å². The molecule has 0 atom stereocenters. The minimum Gasteiger partial charge on any atom is -0.444 e. The van der Waals surface area contributed by atoms with Gasteiger partial charge in [0.05, 0.1) is 23.5 Å². The van der Waals surface area contributed by atoms with Crippen molar-refractivity contribution >= 4 is 18.2 Å². The van der Waals surface area contributed by atoms with E-state index < -0.39 is 41.2 Å². The summed E-state index contributed by atoms with van der Waals surface area (Å²) in [4.78, 5) is 40.1. The third-order valence-electron chi connectivity index (χ3n) is 5.90. The third-order valence-corrected chi connectivity index (χ3v) is 5.90. The molecule has 2 fully saturated rings. The lowest BCUT2D eigenvalue weighted by molar-refractivity contribution is -0.138. The molecule has 2 N–H and O–H groups in total. The van der Waals surface area contributed by atoms with Gasteiger partial charge in [0, 0.05) is 64.8 Å². The van der Waals surface area contributed by atoms with E-state index in [1.807, 2.05) is 20.8 Å². The molecule has 0 saturated carbocycles. The highest BCUT2D eigenvalue weighted by Gasteiger charge is 2.34. The Hall–Kier alpha value is -4.03. The van der Waals surface area contributed by atoms with E-state index in [9.17, 15) is 40.7 Å². The van der Waals surface area contributed by atoms with E-state index in [4.69, 9.17) is 9.47 Å². The molecule has 2 aromatic rings. The summed E-state index contributed by atoms with van der Waals surface area (Å²) in [6.07, 6.45) is -6.69. The maximum absolute atomic E-state index is 12.5. The summed E-state index contributed by atoms with van der Waals surface area (Å²) in [6.45, 7) is 15.0. The Morgan fingerprint density at radius 1 is 0.696 bits per heavy atom. The third kappa shape index (κ3) is 13.1. The second-order valence-electron chi connectivity index (χ2n) is 12.1. The lowest BCUT2D eigenvalue weighted by Crippen LogP contribution is -2.52. The first kappa shape index (κ1) is 38.2. The molecule has 2 aliphatic rings. The van der Waals surface area contributed by atoms with Crippen LogP contribution < -0.4 is 5.32 Å². The second kappa shape index (κ2) is 15.5. The lowest BCUT2D eigenvalue weighted by atomic mass is 10.2. The number of nitrogens with zero attached hydrogens (tertiary/aromatic N) is 6. The van der Waals surface area contributed by atoms with Crippen LogP contribution in [0.2, 0.25) is 0 Å². The van der Waals surface area contributed by atoms with Gasteiger partial charge in [-0.1, -0.05) is 0 Å². The Labute approximate surface area is 262 Å². The summed E-state index contributed by atoms with van der Waals surface area (Å²) in [6, 6.07) is -0.658. The van der Waals surface area contributed by atoms with E-state index in [-0.39, 0.29) is 37.9 Å². The first-order valence-corrected chi connectivity index (χ1v) is 14.2. The van der Waals surface area contributed by atoms with E-state index in [1.54, 1.807) is 25.7 Å². The number of H-pyrrole nitrogens is 1. The number of carbonyl (C=O) groups excluding carboxylic acids is 3. The molecule has 260 valence electrons. The van der Waals surface area contributed by atoms with Crippen molar-refractivity contribution in [2.24, 2.45) is 0 Å². The van der Waals surface area contributed by atoms with Gasteiger partial charge in [0.15, 0.2) is 0 Å². The second-order valence-corrected chi connectivity index (χ2v) is 12.1. The SMILES string of the molecule is CC(C)(C)OC(=O)N1CCN(C(=O)n2cc(C(F)(F)F)cn2)CC1.CC(C)(C)OC(=O)N1CCNCC1.FC(F)(F)c1cn[nH]c1. The number of amides is 3. The van der Waals surface area contributed by atoms with Gasteiger partial charge in [-0.15, -0.1) is 0 Å². The Bertz CT molecular complexity index is 1260. The Morgan fingerprint density at radius 2 is 1.15 bits per heavy atom. The number of hydrogen-bond donors (Lipinski definition) is 2. The molecular weight excluding hydrogens is 630 g/mol. The standard InChI is InChI=1S/C14H19F3N4O3.C9H18N2O2.C4H3F3N2/c1-13(2,3)24-12(23)20-6-4-19(5-7-20)11(22)21-9-10(8-18-21)14(15,16)17;1-9(2,3)13-8(12)11-6-4-10-5-7-11;5-4(6,7)3-1-8-9-2-3/h8-9H,4-7H2,1-3H3;10H,4-7H2,1-3H3;1-2H,(H,8,9). The molecule has 2 saturated heterocycles. The molecule has 2 aromatic heterocycles. The van der Waals surface area contributed by atoms with Gasteiger partial charge in [0.2, 0.25) is 0 Å². The summed E-state index contributed by atoms with van der Waals surface area (Å²) in [5.41, 5.74) is -2.74. The molecular formula is C27H40F6N8O5. The minimum absolute atomic E-state index is 0.194. The summed E-state index contributed by atoms with van der Waals surface area (Å²) in [7, 11) is 0. The average molecular weight is 671 g/mol. The van der Waals surface area contributed by atoms with Crippen molar-refractivity contribution in [1.82, 2.24) is 40.0 Å². The first-order valence-electron chi connectivity index (χ1n) is 14.2. The minimum atomic E-state index is -4.55. The monoisotopic (exact) mass is 670 g/mol. The van der Waals surface area contributed by atoms with Crippen LogP contribution in [0.3, 0.4) is 0 Å². The van der Waals surface area contributed by atoms with Crippen molar-refractivity contribution in [3.8, 4) is 0 Å². The van der Waals surface area contributed by atoms with Crippen molar-refractivity contribution < 1.29 is 50.2 Å². The maximum Gasteiger partial charge on any atom is 0.419 e. The molecule has 19 heteroatoms. The molecule has 0 radical (unpaired) electrons. The number of aromatic amines is 1. The van der Waals surface area contributed by atoms with Gasteiger partial charge in [-0.25, -0.2) is 14.4 Å².